The van der Waals surface area contributed by atoms with Crippen LogP contribution in [0.25, 0.3) is 0 Å². The Bertz CT molecular complexity index is 326. The fraction of sp³-hybridized carbons (Fsp3) is 0.875. The minimum atomic E-state index is -3.43. The van der Waals surface area contributed by atoms with Crippen molar-refractivity contribution < 1.29 is 22.5 Å². The molecule has 0 aliphatic carbocycles. The molecule has 1 fully saturated rings. The Hall–Kier alpha value is -0.820. The highest BCUT2D eigenvalue weighted by molar-refractivity contribution is 7.85. The summed E-state index contributed by atoms with van der Waals surface area (Å²) >= 11 is 0. The van der Waals surface area contributed by atoms with Crippen LogP contribution in [-0.4, -0.2) is 50.5 Å². The van der Waals surface area contributed by atoms with Crippen molar-refractivity contribution in [3.63, 3.8) is 0 Å². The summed E-state index contributed by atoms with van der Waals surface area (Å²) in [6.45, 7) is 0.943. The Morgan fingerprint density at radius 3 is 2.80 bits per heavy atom. The number of carboxylic acid groups (broad SMARTS) is 1. The van der Waals surface area contributed by atoms with Crippen molar-refractivity contribution in [1.29, 1.82) is 0 Å². The van der Waals surface area contributed by atoms with Gasteiger partial charge in [-0.25, -0.2) is 4.79 Å². The maximum absolute atomic E-state index is 10.7. The van der Waals surface area contributed by atoms with Gasteiger partial charge in [-0.05, 0) is 12.8 Å². The van der Waals surface area contributed by atoms with E-state index in [1.165, 1.54) is 4.90 Å². The Morgan fingerprint density at radius 1 is 1.60 bits per heavy atom. The largest absolute Gasteiger partial charge is 0.465 e. The molecule has 0 unspecified atom stereocenters. The number of hydrogen-bond acceptors (Lipinski definition) is 4. The monoisotopic (exact) mass is 237 g/mol. The summed E-state index contributed by atoms with van der Waals surface area (Å²) in [4.78, 5) is 12.0. The minimum absolute atomic E-state index is 0.0235. The van der Waals surface area contributed by atoms with Gasteiger partial charge in [-0.15, -0.1) is 0 Å². The maximum atomic E-state index is 10.7. The van der Waals surface area contributed by atoms with Crippen molar-refractivity contribution in [3.8, 4) is 0 Å². The van der Waals surface area contributed by atoms with Crippen molar-refractivity contribution in [2.75, 3.05) is 26.0 Å². The van der Waals surface area contributed by atoms with Gasteiger partial charge in [0, 0.05) is 19.0 Å². The number of piperidine rings is 1. The van der Waals surface area contributed by atoms with Crippen molar-refractivity contribution in [1.82, 2.24) is 4.90 Å². The minimum Gasteiger partial charge on any atom is -0.465 e. The van der Waals surface area contributed by atoms with Gasteiger partial charge in [0.15, 0.2) is 0 Å². The van der Waals surface area contributed by atoms with Crippen LogP contribution in [0.4, 0.5) is 4.79 Å². The second kappa shape index (κ2) is 4.80. The third kappa shape index (κ3) is 4.48. The zero-order valence-electron chi connectivity index (χ0n) is 8.55. The topological polar surface area (TPSA) is 83.9 Å². The molecule has 1 atom stereocenters. The summed E-state index contributed by atoms with van der Waals surface area (Å²) in [5, 5.41) is 8.75. The molecule has 0 bridgehead atoms. The van der Waals surface area contributed by atoms with Crippen molar-refractivity contribution in [2.24, 2.45) is 5.92 Å². The predicted molar refractivity (Wildman–Crippen MR) is 53.1 cm³/mol. The third-order valence-corrected chi connectivity index (χ3v) is 2.87. The van der Waals surface area contributed by atoms with E-state index in [-0.39, 0.29) is 12.5 Å². The molecule has 0 aromatic carbocycles. The first kappa shape index (κ1) is 12.3. The molecule has 1 saturated heterocycles. The number of rotatable bonds is 3. The van der Waals surface area contributed by atoms with Crippen molar-refractivity contribution in [2.45, 2.75) is 12.8 Å². The number of amides is 1. The van der Waals surface area contributed by atoms with E-state index in [0.29, 0.717) is 13.1 Å². The zero-order valence-corrected chi connectivity index (χ0v) is 9.37. The van der Waals surface area contributed by atoms with Crippen molar-refractivity contribution >= 4 is 16.2 Å². The molecule has 0 saturated carbocycles. The predicted octanol–water partition coefficient (Wildman–Crippen LogP) is 0.353. The van der Waals surface area contributed by atoms with E-state index in [9.17, 15) is 13.2 Å². The highest BCUT2D eigenvalue weighted by atomic mass is 32.2. The van der Waals surface area contributed by atoms with Crippen LogP contribution in [0.15, 0.2) is 0 Å². The van der Waals surface area contributed by atoms with E-state index in [1.54, 1.807) is 0 Å². The lowest BCUT2D eigenvalue weighted by Crippen LogP contribution is -2.40. The van der Waals surface area contributed by atoms with E-state index in [2.05, 4.69) is 4.18 Å². The smallest absolute Gasteiger partial charge is 0.407 e. The van der Waals surface area contributed by atoms with Crippen LogP contribution in [-0.2, 0) is 14.3 Å². The third-order valence-electron chi connectivity index (χ3n) is 2.31. The molecule has 1 heterocycles. The Morgan fingerprint density at radius 2 is 2.27 bits per heavy atom. The molecule has 1 aliphatic rings. The van der Waals surface area contributed by atoms with Crippen LogP contribution < -0.4 is 0 Å². The van der Waals surface area contributed by atoms with Gasteiger partial charge in [0.2, 0.25) is 0 Å². The van der Waals surface area contributed by atoms with Crippen LogP contribution in [0.1, 0.15) is 12.8 Å². The molecule has 88 valence electrons. The van der Waals surface area contributed by atoms with Gasteiger partial charge in [0.1, 0.15) is 0 Å². The second-order valence-corrected chi connectivity index (χ2v) is 5.37. The molecule has 0 aromatic heterocycles. The average molecular weight is 237 g/mol. The molecule has 1 amide bonds. The van der Waals surface area contributed by atoms with E-state index < -0.39 is 16.2 Å². The summed E-state index contributed by atoms with van der Waals surface area (Å²) in [7, 11) is -3.43. The summed E-state index contributed by atoms with van der Waals surface area (Å²) in [6.07, 6.45) is 1.59. The molecular weight excluding hydrogens is 222 g/mol. The lowest BCUT2D eigenvalue weighted by Gasteiger charge is -2.30. The quantitative estimate of drug-likeness (QED) is 0.716. The number of hydrogen-bond donors (Lipinski definition) is 1. The van der Waals surface area contributed by atoms with Gasteiger partial charge in [-0.3, -0.25) is 4.18 Å². The first-order valence-corrected chi connectivity index (χ1v) is 6.52. The van der Waals surface area contributed by atoms with Gasteiger partial charge in [-0.2, -0.15) is 8.42 Å². The first-order valence-electron chi connectivity index (χ1n) is 4.71. The van der Waals surface area contributed by atoms with Gasteiger partial charge in [0.25, 0.3) is 10.1 Å². The van der Waals surface area contributed by atoms with Crippen LogP contribution in [0.3, 0.4) is 0 Å². The average Bonchev–Trinajstić information content (AvgIpc) is 2.14. The molecule has 0 aromatic rings. The first-order chi connectivity index (χ1) is 6.88. The zero-order chi connectivity index (χ0) is 11.5. The molecular formula is C8H15NO5S. The van der Waals surface area contributed by atoms with E-state index in [0.717, 1.165) is 19.1 Å². The molecule has 1 rings (SSSR count). The standard InChI is InChI=1S/C8H15NO5S/c1-15(12,13)14-6-7-3-2-4-9(5-7)8(10)11/h7H,2-6H2,1H3,(H,10,11)/t7-/m0/s1. The molecule has 15 heavy (non-hydrogen) atoms. The SMILES string of the molecule is CS(=O)(=O)OC[C@H]1CCCN(C(=O)O)C1. The number of carbonyl (C=O) groups is 1. The molecule has 7 heteroatoms. The van der Waals surface area contributed by atoms with Crippen molar-refractivity contribution in [3.05, 3.63) is 0 Å². The lowest BCUT2D eigenvalue weighted by molar-refractivity contribution is 0.106. The van der Waals surface area contributed by atoms with Crippen LogP contribution in [0.5, 0.6) is 0 Å². The van der Waals surface area contributed by atoms with E-state index in [1.807, 2.05) is 0 Å². The summed E-state index contributed by atoms with van der Waals surface area (Å²) in [5.74, 6) is -0.0235. The number of likely N-dealkylation sites (tertiary alicyclic amines) is 1. The van der Waals surface area contributed by atoms with Crippen LogP contribution in [0, 0.1) is 5.92 Å². The van der Waals surface area contributed by atoms with Gasteiger partial charge in [-0.1, -0.05) is 0 Å². The Balaban J connectivity index is 2.40. The molecule has 6 nitrogen and oxygen atoms in total. The fourth-order valence-corrected chi connectivity index (χ4v) is 2.03. The van der Waals surface area contributed by atoms with Gasteiger partial charge >= 0.3 is 6.09 Å². The lowest BCUT2D eigenvalue weighted by atomic mass is 10.00. The van der Waals surface area contributed by atoms with Crippen LogP contribution >= 0.6 is 0 Å². The highest BCUT2D eigenvalue weighted by Gasteiger charge is 2.24. The molecule has 0 radical (unpaired) electrons. The van der Waals surface area contributed by atoms with Crippen LogP contribution in [0.2, 0.25) is 0 Å². The van der Waals surface area contributed by atoms with Gasteiger partial charge in [0.05, 0.1) is 12.9 Å². The normalized spacial score (nSPS) is 22.7. The summed E-state index contributed by atoms with van der Waals surface area (Å²) in [5.41, 5.74) is 0. The molecule has 1 aliphatic heterocycles. The Labute approximate surface area is 89.0 Å². The summed E-state index contributed by atoms with van der Waals surface area (Å²) < 4.78 is 26.1. The fourth-order valence-electron chi connectivity index (χ4n) is 1.59. The summed E-state index contributed by atoms with van der Waals surface area (Å²) in [6, 6.07) is 0. The maximum Gasteiger partial charge on any atom is 0.407 e. The Kier molecular flexibility index (Phi) is 3.92. The number of nitrogens with zero attached hydrogens (tertiary/aromatic N) is 1. The van der Waals surface area contributed by atoms with E-state index in [4.69, 9.17) is 5.11 Å². The second-order valence-electron chi connectivity index (χ2n) is 3.73. The van der Waals surface area contributed by atoms with E-state index >= 15 is 0 Å². The molecule has 1 N–H and O–H groups in total. The molecule has 0 spiro atoms. The highest BCUT2D eigenvalue weighted by Crippen LogP contribution is 2.17. The van der Waals surface area contributed by atoms with Gasteiger partial charge < -0.3 is 10.0 Å².